The third kappa shape index (κ3) is 6.01. The maximum atomic E-state index is 12.1. The summed E-state index contributed by atoms with van der Waals surface area (Å²) in [7, 11) is -3.21. The van der Waals surface area contributed by atoms with Gasteiger partial charge in [0.25, 0.3) is 0 Å². The Balaban J connectivity index is 2.38. The molecule has 3 atom stereocenters. The zero-order chi connectivity index (χ0) is 16.0. The third-order valence-electron chi connectivity index (χ3n) is 3.91. The van der Waals surface area contributed by atoms with Gasteiger partial charge in [0.05, 0.1) is 18.1 Å². The molecule has 0 aliphatic heterocycles. The van der Waals surface area contributed by atoms with Crippen LogP contribution in [0.25, 0.3) is 0 Å². The highest BCUT2D eigenvalue weighted by molar-refractivity contribution is 7.88. The molecule has 0 aromatic rings. The Kier molecular flexibility index (Phi) is 6.60. The van der Waals surface area contributed by atoms with E-state index in [-0.39, 0.29) is 18.4 Å². The van der Waals surface area contributed by atoms with Gasteiger partial charge in [0.1, 0.15) is 0 Å². The first kappa shape index (κ1) is 17.9. The maximum absolute atomic E-state index is 12.1. The number of rotatable bonds is 8. The largest absolute Gasteiger partial charge is 0.481 e. The van der Waals surface area contributed by atoms with Crippen molar-refractivity contribution in [2.45, 2.75) is 32.6 Å². The highest BCUT2D eigenvalue weighted by Gasteiger charge is 2.41. The predicted molar refractivity (Wildman–Crippen MR) is 78.1 cm³/mol. The zero-order valence-corrected chi connectivity index (χ0v) is 13.3. The molecule has 0 spiro atoms. The molecule has 0 aromatic heterocycles. The first-order chi connectivity index (χ1) is 9.74. The van der Waals surface area contributed by atoms with Gasteiger partial charge in [0.2, 0.25) is 15.9 Å². The fraction of sp³-hybridized carbons (Fsp3) is 0.846. The molecule has 1 aliphatic rings. The van der Waals surface area contributed by atoms with Gasteiger partial charge in [-0.2, -0.15) is 0 Å². The Hall–Kier alpha value is -1.15. The van der Waals surface area contributed by atoms with E-state index < -0.39 is 27.8 Å². The van der Waals surface area contributed by atoms with Crippen LogP contribution in [0.3, 0.4) is 0 Å². The van der Waals surface area contributed by atoms with E-state index in [0.29, 0.717) is 25.8 Å². The van der Waals surface area contributed by atoms with E-state index in [9.17, 15) is 23.1 Å². The summed E-state index contributed by atoms with van der Waals surface area (Å²) in [4.78, 5) is 23.3. The molecule has 0 radical (unpaired) electrons. The van der Waals surface area contributed by atoms with Crippen molar-refractivity contribution in [3.05, 3.63) is 0 Å². The minimum Gasteiger partial charge on any atom is -0.481 e. The maximum Gasteiger partial charge on any atom is 0.307 e. The fourth-order valence-corrected chi connectivity index (χ4v) is 3.24. The molecule has 1 aliphatic carbocycles. The van der Waals surface area contributed by atoms with E-state index in [0.717, 1.165) is 12.7 Å². The average Bonchev–Trinajstić information content (AvgIpc) is 2.81. The monoisotopic (exact) mass is 320 g/mol. The van der Waals surface area contributed by atoms with Crippen LogP contribution >= 0.6 is 0 Å². The molecule has 1 fully saturated rings. The number of aliphatic carboxylic acids is 1. The van der Waals surface area contributed by atoms with Crippen LogP contribution in [-0.2, 0) is 19.6 Å². The summed E-state index contributed by atoms with van der Waals surface area (Å²) in [5.74, 6) is -1.95. The number of nitrogens with one attached hydrogen (secondary N) is 2. The molecule has 122 valence electrons. The minimum atomic E-state index is -3.21. The lowest BCUT2D eigenvalue weighted by atomic mass is 9.95. The number of carbonyl (C=O) groups is 2. The van der Waals surface area contributed by atoms with Crippen molar-refractivity contribution in [1.82, 2.24) is 10.0 Å². The summed E-state index contributed by atoms with van der Waals surface area (Å²) in [6.07, 6.45) is 3.60. The Labute approximate surface area is 125 Å². The van der Waals surface area contributed by atoms with Crippen LogP contribution in [0.2, 0.25) is 0 Å². The van der Waals surface area contributed by atoms with Gasteiger partial charge in [-0.15, -0.1) is 0 Å². The predicted octanol–water partition coefficient (Wildman–Crippen LogP) is 0.179. The molecule has 0 aromatic carbocycles. The minimum absolute atomic E-state index is 0.238. The summed E-state index contributed by atoms with van der Waals surface area (Å²) < 4.78 is 24.1. The van der Waals surface area contributed by atoms with Crippen LogP contribution in [0.4, 0.5) is 0 Å². The first-order valence-electron chi connectivity index (χ1n) is 7.19. The number of hydrogen-bond acceptors (Lipinski definition) is 4. The molecule has 21 heavy (non-hydrogen) atoms. The van der Waals surface area contributed by atoms with Crippen LogP contribution < -0.4 is 10.0 Å². The van der Waals surface area contributed by atoms with Crippen molar-refractivity contribution in [2.24, 2.45) is 17.8 Å². The molecule has 8 heteroatoms. The Morgan fingerprint density at radius 2 is 1.81 bits per heavy atom. The summed E-state index contributed by atoms with van der Waals surface area (Å²) in [6, 6.07) is 0. The molecule has 0 bridgehead atoms. The number of amides is 1. The van der Waals surface area contributed by atoms with Gasteiger partial charge >= 0.3 is 5.97 Å². The van der Waals surface area contributed by atoms with E-state index in [4.69, 9.17) is 0 Å². The van der Waals surface area contributed by atoms with Gasteiger partial charge < -0.3 is 10.4 Å². The number of carboxylic acid groups (broad SMARTS) is 1. The molecule has 1 rings (SSSR count). The molecule has 3 unspecified atom stereocenters. The molecular weight excluding hydrogens is 296 g/mol. The first-order valence-corrected chi connectivity index (χ1v) is 9.09. The van der Waals surface area contributed by atoms with Crippen molar-refractivity contribution in [3.63, 3.8) is 0 Å². The van der Waals surface area contributed by atoms with Gasteiger partial charge in [-0.3, -0.25) is 9.59 Å². The normalized spacial score (nSPS) is 25.7. The quantitative estimate of drug-likeness (QED) is 0.552. The lowest BCUT2D eigenvalue weighted by Crippen LogP contribution is -2.36. The molecule has 1 amide bonds. The molecule has 7 nitrogen and oxygen atoms in total. The lowest BCUT2D eigenvalue weighted by Gasteiger charge is -2.15. The van der Waals surface area contributed by atoms with Crippen LogP contribution in [0.15, 0.2) is 0 Å². The van der Waals surface area contributed by atoms with Crippen molar-refractivity contribution in [1.29, 1.82) is 0 Å². The van der Waals surface area contributed by atoms with Crippen molar-refractivity contribution in [3.8, 4) is 0 Å². The molecular formula is C13H24N2O5S. The third-order valence-corrected chi connectivity index (χ3v) is 4.64. The van der Waals surface area contributed by atoms with E-state index in [1.165, 1.54) is 0 Å². The highest BCUT2D eigenvalue weighted by Crippen LogP contribution is 2.38. The smallest absolute Gasteiger partial charge is 0.307 e. The van der Waals surface area contributed by atoms with Crippen molar-refractivity contribution in [2.75, 3.05) is 19.3 Å². The summed E-state index contributed by atoms with van der Waals surface area (Å²) in [5, 5.41) is 11.9. The topological polar surface area (TPSA) is 113 Å². The van der Waals surface area contributed by atoms with Crippen LogP contribution in [0.5, 0.6) is 0 Å². The molecule has 0 saturated heterocycles. The fourth-order valence-electron chi connectivity index (χ4n) is 2.73. The van der Waals surface area contributed by atoms with E-state index >= 15 is 0 Å². The zero-order valence-electron chi connectivity index (χ0n) is 12.5. The summed E-state index contributed by atoms with van der Waals surface area (Å²) in [5.41, 5.74) is 0. The second kappa shape index (κ2) is 7.74. The summed E-state index contributed by atoms with van der Waals surface area (Å²) >= 11 is 0. The van der Waals surface area contributed by atoms with Crippen LogP contribution in [0.1, 0.15) is 32.6 Å². The van der Waals surface area contributed by atoms with Crippen molar-refractivity contribution < 1.29 is 23.1 Å². The Bertz CT molecular complexity index is 477. The SMILES string of the molecule is CCC1CC(C(=O)O)C(C(=O)NCCCNS(C)(=O)=O)C1. The number of sulfonamides is 1. The Morgan fingerprint density at radius 1 is 1.19 bits per heavy atom. The van der Waals surface area contributed by atoms with Gasteiger partial charge in [0.15, 0.2) is 0 Å². The highest BCUT2D eigenvalue weighted by atomic mass is 32.2. The average molecular weight is 320 g/mol. The van der Waals surface area contributed by atoms with Crippen molar-refractivity contribution >= 4 is 21.9 Å². The van der Waals surface area contributed by atoms with E-state index in [2.05, 4.69) is 10.0 Å². The lowest BCUT2D eigenvalue weighted by molar-refractivity contribution is -0.146. The molecule has 1 saturated carbocycles. The van der Waals surface area contributed by atoms with Gasteiger partial charge in [0, 0.05) is 13.1 Å². The van der Waals surface area contributed by atoms with E-state index in [1.54, 1.807) is 0 Å². The standard InChI is InChI=1S/C13H24N2O5S/c1-3-9-7-10(11(8-9)13(17)18)12(16)14-5-4-6-15-21(2,19)20/h9-11,15H,3-8H2,1-2H3,(H,14,16)(H,17,18). The van der Waals surface area contributed by atoms with E-state index in [1.807, 2.05) is 6.92 Å². The summed E-state index contributed by atoms with van der Waals surface area (Å²) in [6.45, 7) is 2.59. The number of carboxylic acids is 1. The molecule has 0 heterocycles. The van der Waals surface area contributed by atoms with Gasteiger partial charge in [-0.25, -0.2) is 13.1 Å². The Morgan fingerprint density at radius 3 is 2.33 bits per heavy atom. The van der Waals surface area contributed by atoms with Gasteiger partial charge in [-0.05, 0) is 25.2 Å². The number of carbonyl (C=O) groups excluding carboxylic acids is 1. The van der Waals surface area contributed by atoms with Crippen LogP contribution in [-0.4, -0.2) is 44.7 Å². The number of hydrogen-bond donors (Lipinski definition) is 3. The second-order valence-electron chi connectivity index (χ2n) is 5.61. The van der Waals surface area contributed by atoms with Gasteiger partial charge in [-0.1, -0.05) is 13.3 Å². The van der Waals surface area contributed by atoms with Crippen LogP contribution in [0, 0.1) is 17.8 Å². The second-order valence-corrected chi connectivity index (χ2v) is 7.44. The molecule has 3 N–H and O–H groups in total.